The lowest BCUT2D eigenvalue weighted by Gasteiger charge is -2.16. The van der Waals surface area contributed by atoms with Crippen molar-refractivity contribution in [1.29, 1.82) is 0 Å². The summed E-state index contributed by atoms with van der Waals surface area (Å²) in [5.41, 5.74) is 0. The first-order valence-electron chi connectivity index (χ1n) is 7.19. The van der Waals surface area contributed by atoms with E-state index in [1.807, 2.05) is 0 Å². The van der Waals surface area contributed by atoms with Gasteiger partial charge in [0.05, 0.1) is 6.10 Å². The largest absolute Gasteiger partial charge is 0.378 e. The van der Waals surface area contributed by atoms with Gasteiger partial charge in [-0.05, 0) is 57.9 Å². The van der Waals surface area contributed by atoms with Crippen LogP contribution in [0.2, 0.25) is 0 Å². The molecule has 0 radical (unpaired) electrons. The average molecular weight is 225 g/mol. The maximum Gasteiger partial charge on any atom is 0.0547 e. The molecule has 2 aliphatic carbocycles. The monoisotopic (exact) mass is 225 g/mol. The molecule has 0 bridgehead atoms. The minimum Gasteiger partial charge on any atom is -0.378 e. The molecule has 1 unspecified atom stereocenters. The molecule has 0 aliphatic heterocycles. The van der Waals surface area contributed by atoms with Crippen molar-refractivity contribution in [3.8, 4) is 0 Å². The molecule has 2 nitrogen and oxygen atoms in total. The summed E-state index contributed by atoms with van der Waals surface area (Å²) >= 11 is 0. The van der Waals surface area contributed by atoms with E-state index < -0.39 is 0 Å². The third-order valence-electron chi connectivity index (χ3n) is 3.89. The molecule has 2 rings (SSSR count). The summed E-state index contributed by atoms with van der Waals surface area (Å²) < 4.78 is 5.92. The van der Waals surface area contributed by atoms with Crippen LogP contribution < -0.4 is 5.32 Å². The molecule has 0 aromatic heterocycles. The zero-order valence-electron chi connectivity index (χ0n) is 10.7. The van der Waals surface area contributed by atoms with E-state index in [4.69, 9.17) is 4.74 Å². The van der Waals surface area contributed by atoms with E-state index in [9.17, 15) is 0 Å². The Kier molecular flexibility index (Phi) is 5.11. The second kappa shape index (κ2) is 6.61. The minimum atomic E-state index is 0.460. The number of hydrogen-bond acceptors (Lipinski definition) is 2. The molecule has 0 spiro atoms. The first-order valence-corrected chi connectivity index (χ1v) is 7.19. The molecule has 16 heavy (non-hydrogen) atoms. The Bertz CT molecular complexity index is 185. The standard InChI is InChI=1S/C14H27NO/c1-12(5-4-10-15-14-8-9-14)16-11-13-6-2-3-7-13/h12-15H,2-11H2,1H3. The zero-order chi connectivity index (χ0) is 11.2. The number of nitrogens with one attached hydrogen (secondary N) is 1. The second-order valence-electron chi connectivity index (χ2n) is 5.67. The van der Waals surface area contributed by atoms with Crippen molar-refractivity contribution in [2.45, 2.75) is 70.4 Å². The predicted octanol–water partition coefficient (Wildman–Crippen LogP) is 3.11. The fraction of sp³-hybridized carbons (Fsp3) is 1.00. The van der Waals surface area contributed by atoms with Crippen LogP contribution in [0.3, 0.4) is 0 Å². The van der Waals surface area contributed by atoms with Gasteiger partial charge in [-0.15, -0.1) is 0 Å². The summed E-state index contributed by atoms with van der Waals surface area (Å²) in [4.78, 5) is 0. The Labute approximate surface area is 100 Å². The lowest BCUT2D eigenvalue weighted by Crippen LogP contribution is -2.20. The van der Waals surface area contributed by atoms with Gasteiger partial charge in [-0.2, -0.15) is 0 Å². The second-order valence-corrected chi connectivity index (χ2v) is 5.67. The van der Waals surface area contributed by atoms with Crippen molar-refractivity contribution in [3.63, 3.8) is 0 Å². The van der Waals surface area contributed by atoms with Crippen molar-refractivity contribution in [1.82, 2.24) is 5.32 Å². The highest BCUT2D eigenvalue weighted by molar-refractivity contribution is 4.80. The van der Waals surface area contributed by atoms with Crippen LogP contribution in [0.1, 0.15) is 58.3 Å². The van der Waals surface area contributed by atoms with Crippen LogP contribution in [0.15, 0.2) is 0 Å². The molecular weight excluding hydrogens is 198 g/mol. The summed E-state index contributed by atoms with van der Waals surface area (Å²) in [6.45, 7) is 4.42. The highest BCUT2D eigenvalue weighted by Gasteiger charge is 2.20. The van der Waals surface area contributed by atoms with Gasteiger partial charge in [-0.25, -0.2) is 0 Å². The quantitative estimate of drug-likeness (QED) is 0.641. The zero-order valence-corrected chi connectivity index (χ0v) is 10.7. The Hall–Kier alpha value is -0.0800. The first-order chi connectivity index (χ1) is 7.84. The number of hydrogen-bond donors (Lipinski definition) is 1. The fourth-order valence-corrected chi connectivity index (χ4v) is 2.54. The smallest absolute Gasteiger partial charge is 0.0547 e. The molecule has 2 fully saturated rings. The highest BCUT2D eigenvalue weighted by atomic mass is 16.5. The normalized spacial score (nSPS) is 23.8. The van der Waals surface area contributed by atoms with E-state index in [2.05, 4.69) is 12.2 Å². The third kappa shape index (κ3) is 4.84. The van der Waals surface area contributed by atoms with Gasteiger partial charge in [0.2, 0.25) is 0 Å². The van der Waals surface area contributed by atoms with Crippen molar-refractivity contribution < 1.29 is 4.74 Å². The van der Waals surface area contributed by atoms with E-state index in [-0.39, 0.29) is 0 Å². The van der Waals surface area contributed by atoms with E-state index in [1.54, 1.807) is 0 Å². The highest BCUT2D eigenvalue weighted by Crippen LogP contribution is 2.25. The molecule has 0 aromatic carbocycles. The van der Waals surface area contributed by atoms with Gasteiger partial charge in [0.25, 0.3) is 0 Å². The van der Waals surface area contributed by atoms with Crippen LogP contribution in [0, 0.1) is 5.92 Å². The molecule has 0 heterocycles. The van der Waals surface area contributed by atoms with Gasteiger partial charge in [0, 0.05) is 12.6 Å². The van der Waals surface area contributed by atoms with Gasteiger partial charge in [0.15, 0.2) is 0 Å². The van der Waals surface area contributed by atoms with Crippen molar-refractivity contribution in [2.75, 3.05) is 13.2 Å². The number of ether oxygens (including phenoxy) is 1. The van der Waals surface area contributed by atoms with Crippen LogP contribution in [0.4, 0.5) is 0 Å². The van der Waals surface area contributed by atoms with Crippen molar-refractivity contribution in [2.24, 2.45) is 5.92 Å². The molecular formula is C14H27NO. The molecule has 1 N–H and O–H groups in total. The molecule has 0 amide bonds. The third-order valence-corrected chi connectivity index (χ3v) is 3.89. The number of rotatable bonds is 8. The van der Waals surface area contributed by atoms with Gasteiger partial charge < -0.3 is 10.1 Å². The maximum absolute atomic E-state index is 5.92. The topological polar surface area (TPSA) is 21.3 Å². The van der Waals surface area contributed by atoms with Crippen LogP contribution in [0.25, 0.3) is 0 Å². The van der Waals surface area contributed by atoms with Gasteiger partial charge >= 0.3 is 0 Å². The van der Waals surface area contributed by atoms with Crippen LogP contribution >= 0.6 is 0 Å². The molecule has 1 atom stereocenters. The molecule has 0 aromatic rings. The maximum atomic E-state index is 5.92. The van der Waals surface area contributed by atoms with Gasteiger partial charge in [0.1, 0.15) is 0 Å². The Morgan fingerprint density at radius 2 is 1.94 bits per heavy atom. The van der Waals surface area contributed by atoms with Crippen LogP contribution in [-0.2, 0) is 4.74 Å². The van der Waals surface area contributed by atoms with Gasteiger partial charge in [-0.1, -0.05) is 12.8 Å². The Morgan fingerprint density at radius 3 is 2.62 bits per heavy atom. The average Bonchev–Trinajstić information content (AvgIpc) is 2.96. The summed E-state index contributed by atoms with van der Waals surface area (Å²) in [6.07, 6.45) is 11.4. The van der Waals surface area contributed by atoms with Crippen LogP contribution in [0.5, 0.6) is 0 Å². The summed E-state index contributed by atoms with van der Waals surface area (Å²) in [5, 5.41) is 3.55. The minimum absolute atomic E-state index is 0.460. The van der Waals surface area contributed by atoms with E-state index >= 15 is 0 Å². The summed E-state index contributed by atoms with van der Waals surface area (Å²) in [5.74, 6) is 0.868. The lowest BCUT2D eigenvalue weighted by molar-refractivity contribution is 0.0356. The molecule has 2 saturated carbocycles. The molecule has 2 aliphatic rings. The SMILES string of the molecule is CC(CCCNC1CC1)OCC1CCCC1. The van der Waals surface area contributed by atoms with E-state index in [1.165, 1.54) is 57.9 Å². The summed E-state index contributed by atoms with van der Waals surface area (Å²) in [6, 6.07) is 0.856. The Balaban J connectivity index is 1.42. The van der Waals surface area contributed by atoms with E-state index in [0.717, 1.165) is 18.6 Å². The fourth-order valence-electron chi connectivity index (χ4n) is 2.54. The molecule has 0 saturated heterocycles. The molecule has 94 valence electrons. The van der Waals surface area contributed by atoms with Gasteiger partial charge in [-0.3, -0.25) is 0 Å². The first kappa shape index (κ1) is 12.4. The summed E-state index contributed by atoms with van der Waals surface area (Å²) in [7, 11) is 0. The van der Waals surface area contributed by atoms with Crippen molar-refractivity contribution in [3.05, 3.63) is 0 Å². The van der Waals surface area contributed by atoms with Crippen molar-refractivity contribution >= 4 is 0 Å². The lowest BCUT2D eigenvalue weighted by atomic mass is 10.1. The van der Waals surface area contributed by atoms with Crippen LogP contribution in [-0.4, -0.2) is 25.3 Å². The Morgan fingerprint density at radius 1 is 1.19 bits per heavy atom. The molecule has 2 heteroatoms. The van der Waals surface area contributed by atoms with E-state index in [0.29, 0.717) is 6.10 Å². The predicted molar refractivity (Wildman–Crippen MR) is 67.6 cm³/mol.